The van der Waals surface area contributed by atoms with Crippen LogP contribution < -0.4 is 21.3 Å². The zero-order valence-electron chi connectivity index (χ0n) is 36.0. The van der Waals surface area contributed by atoms with Crippen molar-refractivity contribution in [3.8, 4) is 0 Å². The number of likely N-dealkylation sites (tertiary alicyclic amines) is 2. The number of carbonyl (C=O) groups excluding carboxylic acids is 6. The zero-order chi connectivity index (χ0) is 45.2. The van der Waals surface area contributed by atoms with Crippen molar-refractivity contribution in [2.45, 2.75) is 56.4 Å². The van der Waals surface area contributed by atoms with Gasteiger partial charge in [-0.15, -0.1) is 0 Å². The summed E-state index contributed by atoms with van der Waals surface area (Å²) in [7, 11) is 4.05. The van der Waals surface area contributed by atoms with Gasteiger partial charge in [-0.05, 0) is 61.1 Å². The van der Waals surface area contributed by atoms with E-state index in [1.165, 1.54) is 24.0 Å². The smallest absolute Gasteiger partial charge is 0.407 e. The van der Waals surface area contributed by atoms with Crippen molar-refractivity contribution in [2.75, 3.05) is 64.9 Å². The summed E-state index contributed by atoms with van der Waals surface area (Å²) in [6, 6.07) is 25.2. The van der Waals surface area contributed by atoms with Gasteiger partial charge in [0.1, 0.15) is 24.2 Å². The van der Waals surface area contributed by atoms with E-state index in [2.05, 4.69) is 25.8 Å². The molecule has 4 N–H and O–H groups in total. The molecule has 2 saturated heterocycles. The summed E-state index contributed by atoms with van der Waals surface area (Å²) in [4.78, 5) is 83.5. The first kappa shape index (κ1) is 45.1. The Balaban J connectivity index is 1.12. The van der Waals surface area contributed by atoms with Crippen molar-refractivity contribution in [1.82, 2.24) is 25.0 Å². The minimum Gasteiger partial charge on any atom is -0.453 e. The highest BCUT2D eigenvalue weighted by Crippen LogP contribution is 2.34. The van der Waals surface area contributed by atoms with Gasteiger partial charge in [-0.1, -0.05) is 72.8 Å². The summed E-state index contributed by atoms with van der Waals surface area (Å²) < 4.78 is 22.7. The van der Waals surface area contributed by atoms with E-state index in [1.54, 1.807) is 55.6 Å². The van der Waals surface area contributed by atoms with Crippen LogP contribution >= 0.6 is 0 Å². The number of benzene rings is 4. The molecule has 0 unspecified atom stereocenters. The molecule has 0 spiro atoms. The average Bonchev–Trinajstić information content (AvgIpc) is 4.09. The van der Waals surface area contributed by atoms with Crippen LogP contribution in [-0.4, -0.2) is 117 Å². The molecule has 1 aromatic heterocycles. The number of ether oxygens (including phenoxy) is 4. The second-order valence-electron chi connectivity index (χ2n) is 15.5. The van der Waals surface area contributed by atoms with Gasteiger partial charge in [0.25, 0.3) is 11.8 Å². The van der Waals surface area contributed by atoms with Gasteiger partial charge >= 0.3 is 12.2 Å². The van der Waals surface area contributed by atoms with Gasteiger partial charge in [0, 0.05) is 48.9 Å². The first-order valence-corrected chi connectivity index (χ1v) is 21.3. The fourth-order valence-electron chi connectivity index (χ4n) is 8.50. The standard InChI is InChI=1S/C47H53N7O10/c1-61-26-27-64-25-24-52-38-28-32(48-42(55)36-16-10-22-53(36)44(57)40(50-46(59)62-2)30-12-6-4-7-13-30)18-20-34(38)35-21-19-33(29-39(35)52)49-43(56)37-17-11-23-54(37)45(58)41(51-47(60)63-3)31-14-8-5-9-15-31/h4-9,12-15,18-21,28-29,36-37,40-41H,10-11,16-17,22-27H2,1-3H3,(H,48,55)(H,49,56)(H,50,59)(H,51,60)/t36-,37-,40+,41+/m0/s1. The summed E-state index contributed by atoms with van der Waals surface area (Å²) in [6.07, 6.45) is 0.570. The predicted molar refractivity (Wildman–Crippen MR) is 238 cm³/mol. The molecule has 3 heterocycles. The van der Waals surface area contributed by atoms with Crippen LogP contribution in [0.4, 0.5) is 21.0 Å². The van der Waals surface area contributed by atoms with Crippen LogP contribution in [0.15, 0.2) is 97.1 Å². The molecule has 7 rings (SSSR count). The Morgan fingerprint density at radius 2 is 1.05 bits per heavy atom. The van der Waals surface area contributed by atoms with Crippen molar-refractivity contribution < 1.29 is 47.7 Å². The highest BCUT2D eigenvalue weighted by molar-refractivity contribution is 6.11. The molecule has 2 fully saturated rings. The largest absolute Gasteiger partial charge is 0.453 e. The highest BCUT2D eigenvalue weighted by Gasteiger charge is 2.40. The Bertz CT molecular complexity index is 2320. The number of aromatic nitrogens is 1. The van der Waals surface area contributed by atoms with Crippen molar-refractivity contribution in [1.29, 1.82) is 0 Å². The van der Waals surface area contributed by atoms with E-state index < -0.39 is 48.2 Å². The monoisotopic (exact) mass is 875 g/mol. The maximum absolute atomic E-state index is 14.0. The summed E-state index contributed by atoms with van der Waals surface area (Å²) in [6.45, 7) is 2.28. The molecular weight excluding hydrogens is 823 g/mol. The number of nitrogens with one attached hydrogen (secondary N) is 4. The molecule has 0 radical (unpaired) electrons. The molecule has 0 bridgehead atoms. The molecule has 2 aliphatic heterocycles. The van der Waals surface area contributed by atoms with Crippen LogP contribution in [0, 0.1) is 0 Å². The van der Waals surface area contributed by atoms with Crippen LogP contribution in [0.1, 0.15) is 48.9 Å². The Morgan fingerprint density at radius 1 is 0.594 bits per heavy atom. The number of hydrogen-bond acceptors (Lipinski definition) is 10. The summed E-state index contributed by atoms with van der Waals surface area (Å²) >= 11 is 0. The Kier molecular flexibility index (Phi) is 14.7. The molecule has 0 saturated carbocycles. The van der Waals surface area contributed by atoms with E-state index in [9.17, 15) is 28.8 Å². The molecule has 0 aliphatic carbocycles. The zero-order valence-corrected chi connectivity index (χ0v) is 36.0. The molecule has 17 heteroatoms. The van der Waals surface area contributed by atoms with Crippen LogP contribution in [0.3, 0.4) is 0 Å². The lowest BCUT2D eigenvalue weighted by Crippen LogP contribution is -2.48. The van der Waals surface area contributed by atoms with E-state index >= 15 is 0 Å². The van der Waals surface area contributed by atoms with E-state index in [0.717, 1.165) is 21.8 Å². The molecular formula is C47H53N7O10. The van der Waals surface area contributed by atoms with Crippen molar-refractivity contribution in [3.63, 3.8) is 0 Å². The number of hydrogen-bond donors (Lipinski definition) is 4. The summed E-state index contributed by atoms with van der Waals surface area (Å²) in [5, 5.41) is 13.1. The maximum atomic E-state index is 14.0. The number of carbonyl (C=O) groups is 6. The Hall–Kier alpha value is -6.98. The van der Waals surface area contributed by atoms with Gasteiger partial charge in [-0.2, -0.15) is 0 Å². The normalized spacial score (nSPS) is 16.9. The fourth-order valence-corrected chi connectivity index (χ4v) is 8.50. The lowest BCUT2D eigenvalue weighted by Gasteiger charge is -2.28. The molecule has 6 amide bonds. The molecule has 5 aromatic rings. The quantitative estimate of drug-likeness (QED) is 0.0918. The molecule has 336 valence electrons. The Labute approximate surface area is 370 Å². The number of fused-ring (bicyclic) bond motifs is 3. The first-order valence-electron chi connectivity index (χ1n) is 21.3. The first-order chi connectivity index (χ1) is 31.1. The van der Waals surface area contributed by atoms with Gasteiger partial charge in [-0.3, -0.25) is 19.2 Å². The number of anilines is 2. The summed E-state index contributed by atoms with van der Waals surface area (Å²) in [5.74, 6) is -1.55. The second-order valence-corrected chi connectivity index (χ2v) is 15.5. The maximum Gasteiger partial charge on any atom is 0.407 e. The fraction of sp³-hybridized carbons (Fsp3) is 0.362. The number of amides is 6. The molecule has 4 atom stereocenters. The van der Waals surface area contributed by atoms with E-state index in [4.69, 9.17) is 18.9 Å². The van der Waals surface area contributed by atoms with Crippen molar-refractivity contribution in [3.05, 3.63) is 108 Å². The van der Waals surface area contributed by atoms with E-state index in [-0.39, 0.29) is 11.8 Å². The molecule has 64 heavy (non-hydrogen) atoms. The summed E-state index contributed by atoms with van der Waals surface area (Å²) in [5.41, 5.74) is 3.76. The van der Waals surface area contributed by atoms with E-state index in [0.29, 0.717) is 87.6 Å². The van der Waals surface area contributed by atoms with Gasteiger partial charge in [-0.25, -0.2) is 9.59 Å². The number of nitrogens with zero attached hydrogens (tertiary/aromatic N) is 3. The molecule has 2 aliphatic rings. The third-order valence-corrected chi connectivity index (χ3v) is 11.6. The lowest BCUT2D eigenvalue weighted by molar-refractivity contribution is -0.138. The topological polar surface area (TPSA) is 199 Å². The number of rotatable bonds is 16. The third-order valence-electron chi connectivity index (χ3n) is 11.6. The van der Waals surface area contributed by atoms with Crippen molar-refractivity contribution in [2.24, 2.45) is 0 Å². The second kappa shape index (κ2) is 20.9. The van der Waals surface area contributed by atoms with Crippen LogP contribution in [0.2, 0.25) is 0 Å². The van der Waals surface area contributed by atoms with Gasteiger partial charge < -0.3 is 54.6 Å². The van der Waals surface area contributed by atoms with Crippen LogP contribution in [0.5, 0.6) is 0 Å². The van der Waals surface area contributed by atoms with Gasteiger partial charge in [0.15, 0.2) is 0 Å². The van der Waals surface area contributed by atoms with Gasteiger partial charge in [0.2, 0.25) is 11.8 Å². The minimum atomic E-state index is -1.04. The lowest BCUT2D eigenvalue weighted by atomic mass is 10.0. The predicted octanol–water partition coefficient (Wildman–Crippen LogP) is 5.51. The average molecular weight is 876 g/mol. The Morgan fingerprint density at radius 3 is 1.47 bits per heavy atom. The minimum absolute atomic E-state index is 0.341. The number of alkyl carbamates (subject to hydrolysis) is 2. The van der Waals surface area contributed by atoms with Crippen LogP contribution in [-0.2, 0) is 44.7 Å². The SMILES string of the molecule is COCCOCCn1c2cc(NC(=O)[C@@H]3CCCN3C(=O)[C@H](NC(=O)OC)c3ccccc3)ccc2c2ccc(NC(=O)[C@@H]3CCCN3C(=O)[C@H](NC(=O)OC)c3ccccc3)cc21. The molecule has 17 nitrogen and oxygen atoms in total. The van der Waals surface area contributed by atoms with Crippen molar-refractivity contribution >= 4 is 69.0 Å². The van der Waals surface area contributed by atoms with E-state index in [1.807, 2.05) is 48.5 Å². The highest BCUT2D eigenvalue weighted by atomic mass is 16.5. The van der Waals surface area contributed by atoms with Gasteiger partial charge in [0.05, 0.1) is 45.1 Å². The molecule has 4 aromatic carbocycles. The number of methoxy groups -OCH3 is 3. The van der Waals surface area contributed by atoms with Crippen LogP contribution in [0.25, 0.3) is 21.8 Å². The third kappa shape index (κ3) is 10.1.